The van der Waals surface area contributed by atoms with Crippen molar-refractivity contribution in [1.29, 1.82) is 0 Å². The summed E-state index contributed by atoms with van der Waals surface area (Å²) in [6.45, 7) is 8.82. The van der Waals surface area contributed by atoms with Crippen LogP contribution in [0.15, 0.2) is 30.3 Å². The normalized spacial score (nSPS) is 14.8. The SMILES string of the molecule is CCCCNC(=O)c1cc(Nc2ccc(N3CCN(C)CC3)cc2)nc(C)n1. The minimum Gasteiger partial charge on any atom is -0.369 e. The largest absolute Gasteiger partial charge is 0.369 e. The Bertz CT molecular complexity index is 784. The Morgan fingerprint density at radius 1 is 1.11 bits per heavy atom. The van der Waals surface area contributed by atoms with E-state index in [0.29, 0.717) is 23.9 Å². The summed E-state index contributed by atoms with van der Waals surface area (Å²) in [5, 5.41) is 6.19. The first kappa shape index (κ1) is 20.1. The fourth-order valence-electron chi connectivity index (χ4n) is 3.19. The average Bonchev–Trinajstić information content (AvgIpc) is 2.69. The number of hydrogen-bond acceptors (Lipinski definition) is 6. The summed E-state index contributed by atoms with van der Waals surface area (Å²) in [4.78, 5) is 25.7. The van der Waals surface area contributed by atoms with Gasteiger partial charge in [-0.15, -0.1) is 0 Å². The lowest BCUT2D eigenvalue weighted by atomic mass is 10.2. The van der Waals surface area contributed by atoms with Crippen molar-refractivity contribution in [2.24, 2.45) is 0 Å². The van der Waals surface area contributed by atoms with Crippen molar-refractivity contribution in [3.8, 4) is 0 Å². The van der Waals surface area contributed by atoms with Crippen LogP contribution in [0, 0.1) is 6.92 Å². The van der Waals surface area contributed by atoms with E-state index in [9.17, 15) is 4.79 Å². The molecule has 1 aromatic heterocycles. The molecule has 1 fully saturated rings. The zero-order valence-corrected chi connectivity index (χ0v) is 17.0. The van der Waals surface area contributed by atoms with Gasteiger partial charge in [-0.3, -0.25) is 4.79 Å². The number of aryl methyl sites for hydroxylation is 1. The van der Waals surface area contributed by atoms with Gasteiger partial charge in [-0.05, 0) is 44.7 Å². The van der Waals surface area contributed by atoms with Crippen molar-refractivity contribution in [1.82, 2.24) is 20.2 Å². The van der Waals surface area contributed by atoms with E-state index in [2.05, 4.69) is 56.5 Å². The Kier molecular flexibility index (Phi) is 6.81. The molecule has 0 saturated carbocycles. The van der Waals surface area contributed by atoms with Crippen molar-refractivity contribution >= 4 is 23.1 Å². The van der Waals surface area contributed by atoms with Crippen LogP contribution in [0.2, 0.25) is 0 Å². The fraction of sp³-hybridized carbons (Fsp3) is 0.476. The molecular formula is C21H30N6O. The molecule has 1 aromatic carbocycles. The van der Waals surface area contributed by atoms with E-state index in [1.165, 1.54) is 5.69 Å². The van der Waals surface area contributed by atoms with Crippen LogP contribution < -0.4 is 15.5 Å². The maximum absolute atomic E-state index is 12.3. The lowest BCUT2D eigenvalue weighted by Crippen LogP contribution is -2.44. The Hall–Kier alpha value is -2.67. The smallest absolute Gasteiger partial charge is 0.270 e. The number of amides is 1. The van der Waals surface area contributed by atoms with Crippen LogP contribution in [-0.2, 0) is 0 Å². The monoisotopic (exact) mass is 382 g/mol. The predicted molar refractivity (Wildman–Crippen MR) is 113 cm³/mol. The van der Waals surface area contributed by atoms with E-state index < -0.39 is 0 Å². The Labute approximate surface area is 167 Å². The zero-order valence-electron chi connectivity index (χ0n) is 17.0. The van der Waals surface area contributed by atoms with Crippen LogP contribution >= 0.6 is 0 Å². The van der Waals surface area contributed by atoms with E-state index in [1.54, 1.807) is 13.0 Å². The standard InChI is InChI=1S/C21H30N6O/c1-4-5-10-22-21(28)19-15-20(24-16(2)23-19)25-17-6-8-18(9-7-17)27-13-11-26(3)12-14-27/h6-9,15H,4-5,10-14H2,1-3H3,(H,22,28)(H,23,24,25). The van der Waals surface area contributed by atoms with Crippen molar-refractivity contribution in [3.63, 3.8) is 0 Å². The number of carbonyl (C=O) groups is 1. The highest BCUT2D eigenvalue weighted by Gasteiger charge is 2.14. The summed E-state index contributed by atoms with van der Waals surface area (Å²) in [6, 6.07) is 10.0. The molecule has 7 heteroatoms. The third kappa shape index (κ3) is 5.42. The molecular weight excluding hydrogens is 352 g/mol. The van der Waals surface area contributed by atoms with Crippen LogP contribution in [0.25, 0.3) is 0 Å². The Balaban J connectivity index is 1.65. The first-order valence-electron chi connectivity index (χ1n) is 9.99. The van der Waals surface area contributed by atoms with Gasteiger partial charge in [0.05, 0.1) is 0 Å². The first-order chi connectivity index (χ1) is 13.5. The third-order valence-electron chi connectivity index (χ3n) is 4.89. The summed E-state index contributed by atoms with van der Waals surface area (Å²) in [6.07, 6.45) is 2.00. The molecule has 150 valence electrons. The second-order valence-electron chi connectivity index (χ2n) is 7.26. The van der Waals surface area contributed by atoms with E-state index in [1.807, 2.05) is 12.1 Å². The van der Waals surface area contributed by atoms with E-state index >= 15 is 0 Å². The number of benzene rings is 1. The van der Waals surface area contributed by atoms with Crippen LogP contribution in [0.5, 0.6) is 0 Å². The number of nitrogens with one attached hydrogen (secondary N) is 2. The minimum absolute atomic E-state index is 0.160. The fourth-order valence-corrected chi connectivity index (χ4v) is 3.19. The molecule has 0 spiro atoms. The molecule has 1 amide bonds. The molecule has 1 aliphatic rings. The van der Waals surface area contributed by atoms with Crippen molar-refractivity contribution in [2.45, 2.75) is 26.7 Å². The number of likely N-dealkylation sites (N-methyl/N-ethyl adjacent to an activating group) is 1. The summed E-state index contributed by atoms with van der Waals surface area (Å²) in [5.74, 6) is 1.03. The molecule has 0 atom stereocenters. The van der Waals surface area contributed by atoms with Crippen LogP contribution in [-0.4, -0.2) is 60.5 Å². The van der Waals surface area contributed by atoms with Gasteiger partial charge in [0.25, 0.3) is 5.91 Å². The molecule has 2 heterocycles. The quantitative estimate of drug-likeness (QED) is 0.718. The van der Waals surface area contributed by atoms with Crippen molar-refractivity contribution < 1.29 is 4.79 Å². The lowest BCUT2D eigenvalue weighted by molar-refractivity contribution is 0.0948. The van der Waals surface area contributed by atoms with E-state index in [0.717, 1.165) is 44.7 Å². The Morgan fingerprint density at radius 2 is 1.82 bits per heavy atom. The number of piperazine rings is 1. The van der Waals surface area contributed by atoms with E-state index in [-0.39, 0.29) is 5.91 Å². The summed E-state index contributed by atoms with van der Waals surface area (Å²) in [5.41, 5.74) is 2.56. The van der Waals surface area contributed by atoms with Crippen LogP contribution in [0.1, 0.15) is 36.1 Å². The maximum Gasteiger partial charge on any atom is 0.270 e. The van der Waals surface area contributed by atoms with Gasteiger partial charge < -0.3 is 20.4 Å². The minimum atomic E-state index is -0.160. The highest BCUT2D eigenvalue weighted by atomic mass is 16.1. The molecule has 2 aromatic rings. The van der Waals surface area contributed by atoms with Gasteiger partial charge in [-0.1, -0.05) is 13.3 Å². The number of nitrogens with zero attached hydrogens (tertiary/aromatic N) is 4. The molecule has 0 radical (unpaired) electrons. The van der Waals surface area contributed by atoms with Gasteiger partial charge in [0.1, 0.15) is 17.3 Å². The van der Waals surface area contributed by atoms with Gasteiger partial charge in [0.2, 0.25) is 0 Å². The Morgan fingerprint density at radius 3 is 2.50 bits per heavy atom. The molecule has 1 saturated heterocycles. The van der Waals surface area contributed by atoms with Crippen LogP contribution in [0.4, 0.5) is 17.2 Å². The van der Waals surface area contributed by atoms with Crippen LogP contribution in [0.3, 0.4) is 0 Å². The van der Waals surface area contributed by atoms with Crippen molar-refractivity contribution in [2.75, 3.05) is 50.0 Å². The molecule has 0 aliphatic carbocycles. The summed E-state index contributed by atoms with van der Waals surface area (Å²) in [7, 11) is 2.16. The summed E-state index contributed by atoms with van der Waals surface area (Å²) < 4.78 is 0. The molecule has 3 rings (SSSR count). The number of anilines is 3. The van der Waals surface area contributed by atoms with Gasteiger partial charge in [-0.2, -0.15) is 0 Å². The average molecular weight is 383 g/mol. The first-order valence-corrected chi connectivity index (χ1v) is 9.99. The zero-order chi connectivity index (χ0) is 19.9. The van der Waals surface area contributed by atoms with Gasteiger partial charge in [-0.25, -0.2) is 9.97 Å². The second kappa shape index (κ2) is 9.50. The van der Waals surface area contributed by atoms with Crippen molar-refractivity contribution in [3.05, 3.63) is 41.9 Å². The number of carbonyl (C=O) groups excluding carboxylic acids is 1. The predicted octanol–water partition coefficient (Wildman–Crippen LogP) is 2.81. The number of aromatic nitrogens is 2. The molecule has 0 unspecified atom stereocenters. The molecule has 1 aliphatic heterocycles. The van der Waals surface area contributed by atoms with Gasteiger partial charge in [0, 0.05) is 50.2 Å². The van der Waals surface area contributed by atoms with E-state index in [4.69, 9.17) is 0 Å². The number of unbranched alkanes of at least 4 members (excludes halogenated alkanes) is 1. The summed E-state index contributed by atoms with van der Waals surface area (Å²) >= 11 is 0. The molecule has 28 heavy (non-hydrogen) atoms. The second-order valence-corrected chi connectivity index (χ2v) is 7.26. The highest BCUT2D eigenvalue weighted by Crippen LogP contribution is 2.21. The molecule has 2 N–H and O–H groups in total. The number of rotatable bonds is 7. The van der Waals surface area contributed by atoms with Gasteiger partial charge >= 0.3 is 0 Å². The number of hydrogen-bond donors (Lipinski definition) is 2. The maximum atomic E-state index is 12.3. The van der Waals surface area contributed by atoms with Gasteiger partial charge in [0.15, 0.2) is 0 Å². The third-order valence-corrected chi connectivity index (χ3v) is 4.89. The molecule has 7 nitrogen and oxygen atoms in total. The highest BCUT2D eigenvalue weighted by molar-refractivity contribution is 5.93. The topological polar surface area (TPSA) is 73.4 Å². The lowest BCUT2D eigenvalue weighted by Gasteiger charge is -2.34. The molecule has 0 bridgehead atoms.